The van der Waals surface area contributed by atoms with Crippen LogP contribution in [0, 0.1) is 13.8 Å². The van der Waals surface area contributed by atoms with Gasteiger partial charge in [0.05, 0.1) is 29.5 Å². The molecule has 0 aliphatic heterocycles. The zero-order chi connectivity index (χ0) is 21.8. The molecule has 4 rings (SSSR count). The van der Waals surface area contributed by atoms with Gasteiger partial charge in [0.25, 0.3) is 5.91 Å². The molecule has 0 unspecified atom stereocenters. The van der Waals surface area contributed by atoms with Crippen LogP contribution < -0.4 is 10.6 Å². The lowest BCUT2D eigenvalue weighted by molar-refractivity contribution is -0.120. The van der Waals surface area contributed by atoms with E-state index >= 15 is 0 Å². The van der Waals surface area contributed by atoms with Gasteiger partial charge >= 0.3 is 0 Å². The van der Waals surface area contributed by atoms with Gasteiger partial charge in [-0.3, -0.25) is 9.59 Å². The Hall–Kier alpha value is -3.87. The monoisotopic (exact) mass is 416 g/mol. The van der Waals surface area contributed by atoms with Crippen LogP contribution in [0.4, 0.5) is 0 Å². The molecule has 2 heterocycles. The predicted molar refractivity (Wildman–Crippen MR) is 118 cm³/mol. The molecule has 2 amide bonds. The number of nitrogens with one attached hydrogen (secondary N) is 2. The Bertz CT molecular complexity index is 1220. The van der Waals surface area contributed by atoms with Gasteiger partial charge in [-0.05, 0) is 43.2 Å². The van der Waals surface area contributed by atoms with E-state index in [0.29, 0.717) is 23.6 Å². The van der Waals surface area contributed by atoms with E-state index in [1.807, 2.05) is 48.8 Å². The minimum atomic E-state index is -0.319. The van der Waals surface area contributed by atoms with Crippen LogP contribution in [0.15, 0.2) is 65.3 Å². The topological polar surface area (TPSA) is 89.2 Å². The molecule has 158 valence electrons. The van der Waals surface area contributed by atoms with Crippen molar-refractivity contribution in [3.05, 3.63) is 89.1 Å². The zero-order valence-corrected chi connectivity index (χ0v) is 17.5. The molecule has 0 saturated heterocycles. The number of benzene rings is 2. The molecule has 2 aromatic heterocycles. The number of amides is 2. The molecule has 7 heteroatoms. The molecule has 7 nitrogen and oxygen atoms in total. The van der Waals surface area contributed by atoms with Crippen molar-refractivity contribution >= 4 is 22.8 Å². The van der Waals surface area contributed by atoms with E-state index in [9.17, 15) is 9.59 Å². The van der Waals surface area contributed by atoms with Crippen LogP contribution >= 0.6 is 0 Å². The van der Waals surface area contributed by atoms with Gasteiger partial charge in [-0.25, -0.2) is 4.98 Å². The number of rotatable bonds is 7. The summed E-state index contributed by atoms with van der Waals surface area (Å²) in [4.78, 5) is 28.7. The third-order valence-corrected chi connectivity index (χ3v) is 5.09. The molecule has 4 aromatic rings. The number of furan rings is 1. The van der Waals surface area contributed by atoms with Gasteiger partial charge in [0.2, 0.25) is 5.91 Å². The molecule has 0 aliphatic carbocycles. The summed E-state index contributed by atoms with van der Waals surface area (Å²) < 4.78 is 7.45. The lowest BCUT2D eigenvalue weighted by Crippen LogP contribution is -2.36. The van der Waals surface area contributed by atoms with Crippen LogP contribution in [-0.2, 0) is 17.9 Å². The van der Waals surface area contributed by atoms with E-state index in [0.717, 1.165) is 28.7 Å². The Balaban J connectivity index is 1.26. The number of para-hydroxylation sites is 2. The molecule has 2 aromatic carbocycles. The lowest BCUT2D eigenvalue weighted by Gasteiger charge is -2.08. The Morgan fingerprint density at radius 2 is 1.74 bits per heavy atom. The van der Waals surface area contributed by atoms with Crippen molar-refractivity contribution in [3.63, 3.8) is 0 Å². The van der Waals surface area contributed by atoms with Crippen LogP contribution in [0.25, 0.3) is 11.0 Å². The SMILES string of the molecule is Cc1cc(C(=O)NCC(=O)NCc2ccc(Cn3cnc4ccccc43)cc2)c(C)o1. The fourth-order valence-electron chi connectivity index (χ4n) is 3.47. The Labute approximate surface area is 180 Å². The molecule has 0 aliphatic rings. The average molecular weight is 416 g/mol. The number of carbonyl (C=O) groups is 2. The third-order valence-electron chi connectivity index (χ3n) is 5.09. The molecule has 2 N–H and O–H groups in total. The number of fused-ring (bicyclic) bond motifs is 1. The van der Waals surface area contributed by atoms with Gasteiger partial charge in [0.1, 0.15) is 11.5 Å². The molecule has 31 heavy (non-hydrogen) atoms. The van der Waals surface area contributed by atoms with Crippen LogP contribution in [0.3, 0.4) is 0 Å². The summed E-state index contributed by atoms with van der Waals surface area (Å²) in [5, 5.41) is 5.44. The van der Waals surface area contributed by atoms with E-state index < -0.39 is 0 Å². The van der Waals surface area contributed by atoms with Crippen molar-refractivity contribution in [2.45, 2.75) is 26.9 Å². The van der Waals surface area contributed by atoms with Gasteiger partial charge in [0.15, 0.2) is 0 Å². The van der Waals surface area contributed by atoms with Crippen LogP contribution in [0.1, 0.15) is 33.0 Å². The minimum Gasteiger partial charge on any atom is -0.466 e. The van der Waals surface area contributed by atoms with Crippen molar-refractivity contribution in [3.8, 4) is 0 Å². The second-order valence-corrected chi connectivity index (χ2v) is 7.46. The minimum absolute atomic E-state index is 0.0890. The number of imidazole rings is 1. The number of aromatic nitrogens is 2. The summed E-state index contributed by atoms with van der Waals surface area (Å²) >= 11 is 0. The maximum Gasteiger partial charge on any atom is 0.255 e. The average Bonchev–Trinajstić information content (AvgIpc) is 3.34. The summed E-state index contributed by atoms with van der Waals surface area (Å²) in [5.41, 5.74) is 4.66. The van der Waals surface area contributed by atoms with Crippen LogP contribution in [0.2, 0.25) is 0 Å². The first-order valence-corrected chi connectivity index (χ1v) is 10.1. The van der Waals surface area contributed by atoms with Crippen molar-refractivity contribution in [1.29, 1.82) is 0 Å². The van der Waals surface area contributed by atoms with Crippen LogP contribution in [-0.4, -0.2) is 27.9 Å². The van der Waals surface area contributed by atoms with Crippen molar-refractivity contribution in [1.82, 2.24) is 20.2 Å². The highest BCUT2D eigenvalue weighted by molar-refractivity contribution is 5.97. The Morgan fingerprint density at radius 1 is 1.00 bits per heavy atom. The highest BCUT2D eigenvalue weighted by Crippen LogP contribution is 2.15. The van der Waals surface area contributed by atoms with E-state index in [-0.39, 0.29) is 18.4 Å². The number of hydrogen-bond acceptors (Lipinski definition) is 4. The summed E-state index contributed by atoms with van der Waals surface area (Å²) in [6, 6.07) is 17.8. The normalized spacial score (nSPS) is 10.9. The largest absolute Gasteiger partial charge is 0.466 e. The Morgan fingerprint density at radius 3 is 2.48 bits per heavy atom. The van der Waals surface area contributed by atoms with Gasteiger partial charge in [-0.15, -0.1) is 0 Å². The molecular weight excluding hydrogens is 392 g/mol. The first kappa shape index (κ1) is 20.4. The van der Waals surface area contributed by atoms with E-state index in [4.69, 9.17) is 4.42 Å². The van der Waals surface area contributed by atoms with E-state index in [1.165, 1.54) is 0 Å². The zero-order valence-electron chi connectivity index (χ0n) is 17.5. The second kappa shape index (κ2) is 8.87. The molecule has 0 spiro atoms. The number of aryl methyl sites for hydroxylation is 2. The van der Waals surface area contributed by atoms with Crippen LogP contribution in [0.5, 0.6) is 0 Å². The third kappa shape index (κ3) is 4.83. The maximum atomic E-state index is 12.1. The lowest BCUT2D eigenvalue weighted by atomic mass is 10.1. The number of nitrogens with zero attached hydrogens (tertiary/aromatic N) is 2. The smallest absolute Gasteiger partial charge is 0.255 e. The highest BCUT2D eigenvalue weighted by atomic mass is 16.3. The maximum absolute atomic E-state index is 12.1. The number of carbonyl (C=O) groups excluding carboxylic acids is 2. The predicted octanol–water partition coefficient (Wildman–Crippen LogP) is 3.34. The van der Waals surface area contributed by atoms with Crippen molar-refractivity contribution in [2.24, 2.45) is 0 Å². The molecular formula is C24H24N4O3. The molecule has 0 saturated carbocycles. The van der Waals surface area contributed by atoms with Gasteiger partial charge in [-0.1, -0.05) is 36.4 Å². The standard InChI is InChI=1S/C24H24N4O3/c1-16-11-20(17(2)31-16)24(30)26-13-23(29)25-12-18-7-9-19(10-8-18)14-28-15-27-21-5-3-4-6-22(21)28/h3-11,15H,12-14H2,1-2H3,(H,25,29)(H,26,30). The summed E-state index contributed by atoms with van der Waals surface area (Å²) in [5.74, 6) is 0.636. The van der Waals surface area contributed by atoms with Crippen molar-refractivity contribution in [2.75, 3.05) is 6.54 Å². The van der Waals surface area contributed by atoms with Gasteiger partial charge in [-0.2, -0.15) is 0 Å². The summed E-state index contributed by atoms with van der Waals surface area (Å²) in [6.07, 6.45) is 1.85. The Kier molecular flexibility index (Phi) is 5.84. The van der Waals surface area contributed by atoms with Gasteiger partial charge < -0.3 is 19.6 Å². The fraction of sp³-hybridized carbons (Fsp3) is 0.208. The summed E-state index contributed by atoms with van der Waals surface area (Å²) in [7, 11) is 0. The van der Waals surface area contributed by atoms with E-state index in [2.05, 4.69) is 26.3 Å². The quantitative estimate of drug-likeness (QED) is 0.484. The van der Waals surface area contributed by atoms with Gasteiger partial charge in [0, 0.05) is 13.1 Å². The van der Waals surface area contributed by atoms with Crippen molar-refractivity contribution < 1.29 is 14.0 Å². The number of hydrogen-bond donors (Lipinski definition) is 2. The molecule has 0 fully saturated rings. The molecule has 0 bridgehead atoms. The molecule has 0 atom stereocenters. The first-order chi connectivity index (χ1) is 15.0. The summed E-state index contributed by atoms with van der Waals surface area (Å²) in [6.45, 7) is 4.54. The second-order valence-electron chi connectivity index (χ2n) is 7.46. The fourth-order valence-corrected chi connectivity index (χ4v) is 3.47. The first-order valence-electron chi connectivity index (χ1n) is 10.1. The van der Waals surface area contributed by atoms with E-state index in [1.54, 1.807) is 19.9 Å². The highest BCUT2D eigenvalue weighted by Gasteiger charge is 2.14. The molecule has 0 radical (unpaired) electrons.